The lowest BCUT2D eigenvalue weighted by atomic mass is 9.91. The third-order valence-corrected chi connectivity index (χ3v) is 2.37. The van der Waals surface area contributed by atoms with E-state index in [0.717, 1.165) is 25.7 Å². The Morgan fingerprint density at radius 3 is 2.50 bits per heavy atom. The summed E-state index contributed by atoms with van der Waals surface area (Å²) in [4.78, 5) is 0. The molecule has 1 fully saturated rings. The fraction of sp³-hybridized carbons (Fsp3) is 0.889. The van der Waals surface area contributed by atoms with Crippen LogP contribution in [0.4, 0.5) is 13.2 Å². The molecule has 0 aliphatic heterocycles. The van der Waals surface area contributed by atoms with Gasteiger partial charge in [-0.25, -0.2) is 0 Å². The maximum atomic E-state index is 12.2. The van der Waals surface area contributed by atoms with Crippen LogP contribution in [0.1, 0.15) is 38.5 Å². The molecule has 3 heteroatoms. The van der Waals surface area contributed by atoms with Crippen LogP contribution in [0.25, 0.3) is 0 Å². The Morgan fingerprint density at radius 2 is 1.83 bits per heavy atom. The molecule has 1 saturated carbocycles. The molecule has 1 radical (unpaired) electrons. The Bertz CT molecular complexity index is 120. The lowest BCUT2D eigenvalue weighted by Crippen LogP contribution is -2.23. The van der Waals surface area contributed by atoms with Gasteiger partial charge in [-0.05, 0) is 19.3 Å². The lowest BCUT2D eigenvalue weighted by molar-refractivity contribution is -0.177. The second-order valence-corrected chi connectivity index (χ2v) is 3.40. The van der Waals surface area contributed by atoms with Crippen LogP contribution < -0.4 is 0 Å². The summed E-state index contributed by atoms with van der Waals surface area (Å²) >= 11 is 0. The maximum absolute atomic E-state index is 12.2. The van der Waals surface area contributed by atoms with E-state index in [2.05, 4.69) is 0 Å². The second-order valence-electron chi connectivity index (χ2n) is 3.40. The Kier molecular flexibility index (Phi) is 3.41. The van der Waals surface area contributed by atoms with Crippen molar-refractivity contribution >= 4 is 0 Å². The zero-order chi connectivity index (χ0) is 9.03. The topological polar surface area (TPSA) is 0 Å². The van der Waals surface area contributed by atoms with E-state index in [0.29, 0.717) is 6.42 Å². The fourth-order valence-electron chi connectivity index (χ4n) is 1.59. The van der Waals surface area contributed by atoms with Gasteiger partial charge < -0.3 is 0 Å². The van der Waals surface area contributed by atoms with Gasteiger partial charge in [-0.1, -0.05) is 25.7 Å². The molecule has 1 aliphatic carbocycles. The third-order valence-electron chi connectivity index (χ3n) is 2.37. The molecular formula is C9H14F3. The van der Waals surface area contributed by atoms with Crippen LogP contribution in [0.15, 0.2) is 0 Å². The van der Waals surface area contributed by atoms with E-state index in [1.54, 1.807) is 6.42 Å². The number of rotatable bonds is 0. The Hall–Kier alpha value is -0.210. The van der Waals surface area contributed by atoms with Crippen molar-refractivity contribution in [2.24, 2.45) is 5.92 Å². The summed E-state index contributed by atoms with van der Waals surface area (Å²) in [6, 6.07) is 0. The second kappa shape index (κ2) is 4.15. The van der Waals surface area contributed by atoms with Gasteiger partial charge in [0.25, 0.3) is 0 Å². The molecule has 0 aromatic carbocycles. The Morgan fingerprint density at radius 1 is 1.08 bits per heavy atom. The molecule has 0 aromatic rings. The molecule has 0 nitrogen and oxygen atoms in total. The van der Waals surface area contributed by atoms with E-state index in [9.17, 15) is 13.2 Å². The third kappa shape index (κ3) is 3.03. The highest BCUT2D eigenvalue weighted by atomic mass is 19.4. The van der Waals surface area contributed by atoms with Crippen molar-refractivity contribution in [2.75, 3.05) is 0 Å². The number of alkyl halides is 3. The van der Waals surface area contributed by atoms with Crippen LogP contribution in [0.5, 0.6) is 0 Å². The van der Waals surface area contributed by atoms with Gasteiger partial charge in [0.15, 0.2) is 0 Å². The molecule has 0 amide bonds. The standard InChI is InChI=1S/C9H14F3/c10-9(11,12)8-6-4-2-1-3-5-7-8/h4,8H,1-3,5-7H2. The van der Waals surface area contributed by atoms with Crippen LogP contribution in [0.2, 0.25) is 0 Å². The van der Waals surface area contributed by atoms with Crippen LogP contribution in [-0.2, 0) is 0 Å². The van der Waals surface area contributed by atoms with Gasteiger partial charge in [0.2, 0.25) is 0 Å². The maximum Gasteiger partial charge on any atom is 0.391 e. The highest BCUT2D eigenvalue weighted by molar-refractivity contribution is 4.78. The van der Waals surface area contributed by atoms with Gasteiger partial charge in [-0.15, -0.1) is 0 Å². The van der Waals surface area contributed by atoms with Crippen LogP contribution >= 0.6 is 0 Å². The number of hydrogen-bond donors (Lipinski definition) is 0. The summed E-state index contributed by atoms with van der Waals surface area (Å²) in [6.07, 6.45) is 1.95. The van der Waals surface area contributed by atoms with Crippen molar-refractivity contribution in [3.05, 3.63) is 6.42 Å². The minimum absolute atomic E-state index is 0.226. The predicted molar refractivity (Wildman–Crippen MR) is 41.5 cm³/mol. The first-order valence-corrected chi connectivity index (χ1v) is 4.49. The quantitative estimate of drug-likeness (QED) is 0.531. The van der Waals surface area contributed by atoms with Crippen molar-refractivity contribution in [1.29, 1.82) is 0 Å². The molecule has 0 heterocycles. The molecule has 1 aliphatic rings. The van der Waals surface area contributed by atoms with Crippen molar-refractivity contribution in [3.8, 4) is 0 Å². The molecule has 1 rings (SSSR count). The Labute approximate surface area is 71.1 Å². The normalized spacial score (nSPS) is 23.2. The predicted octanol–water partition coefficient (Wildman–Crippen LogP) is 3.72. The minimum Gasteiger partial charge on any atom is -0.171 e. The van der Waals surface area contributed by atoms with Crippen molar-refractivity contribution in [2.45, 2.75) is 44.7 Å². The molecule has 0 N–H and O–H groups in total. The Balaban J connectivity index is 2.40. The van der Waals surface area contributed by atoms with Crippen LogP contribution in [0, 0.1) is 12.3 Å². The molecule has 0 saturated heterocycles. The first kappa shape index (κ1) is 9.87. The highest BCUT2D eigenvalue weighted by Crippen LogP contribution is 2.35. The fourth-order valence-corrected chi connectivity index (χ4v) is 1.59. The van der Waals surface area contributed by atoms with E-state index in [1.165, 1.54) is 0 Å². The van der Waals surface area contributed by atoms with Gasteiger partial charge in [0, 0.05) is 0 Å². The monoisotopic (exact) mass is 179 g/mol. The molecule has 1 atom stereocenters. The molecule has 0 spiro atoms. The van der Waals surface area contributed by atoms with E-state index in [4.69, 9.17) is 0 Å². The van der Waals surface area contributed by atoms with Crippen LogP contribution in [-0.4, -0.2) is 6.18 Å². The molecule has 0 aromatic heterocycles. The van der Waals surface area contributed by atoms with E-state index >= 15 is 0 Å². The van der Waals surface area contributed by atoms with E-state index < -0.39 is 12.1 Å². The molecule has 1 unspecified atom stereocenters. The largest absolute Gasteiger partial charge is 0.391 e. The van der Waals surface area contributed by atoms with Crippen molar-refractivity contribution in [1.82, 2.24) is 0 Å². The van der Waals surface area contributed by atoms with Crippen molar-refractivity contribution < 1.29 is 13.2 Å². The number of hydrogen-bond acceptors (Lipinski definition) is 0. The van der Waals surface area contributed by atoms with Gasteiger partial charge in [0.1, 0.15) is 0 Å². The molecule has 71 valence electrons. The molecule has 12 heavy (non-hydrogen) atoms. The summed E-state index contributed by atoms with van der Waals surface area (Å²) in [7, 11) is 0. The summed E-state index contributed by atoms with van der Waals surface area (Å²) in [6.45, 7) is 0. The minimum atomic E-state index is -3.98. The van der Waals surface area contributed by atoms with Crippen LogP contribution in [0.3, 0.4) is 0 Å². The van der Waals surface area contributed by atoms with E-state index in [1.807, 2.05) is 0 Å². The van der Waals surface area contributed by atoms with Crippen molar-refractivity contribution in [3.63, 3.8) is 0 Å². The molecular weight excluding hydrogens is 165 g/mol. The van der Waals surface area contributed by atoms with Gasteiger partial charge in [-0.3, -0.25) is 0 Å². The number of halogens is 3. The average molecular weight is 179 g/mol. The summed E-state index contributed by atoms with van der Waals surface area (Å²) in [5.41, 5.74) is 0. The highest BCUT2D eigenvalue weighted by Gasteiger charge is 2.38. The summed E-state index contributed by atoms with van der Waals surface area (Å²) < 4.78 is 36.7. The first-order chi connectivity index (χ1) is 5.61. The first-order valence-electron chi connectivity index (χ1n) is 4.49. The average Bonchev–Trinajstić information content (AvgIpc) is 1.81. The van der Waals surface area contributed by atoms with E-state index in [-0.39, 0.29) is 6.42 Å². The smallest absolute Gasteiger partial charge is 0.171 e. The van der Waals surface area contributed by atoms with Gasteiger partial charge in [-0.2, -0.15) is 13.2 Å². The lowest BCUT2D eigenvalue weighted by Gasteiger charge is -2.21. The zero-order valence-corrected chi connectivity index (χ0v) is 7.03. The SMILES string of the molecule is FC(F)(F)C1C[CH]CCCCC1. The van der Waals surface area contributed by atoms with Gasteiger partial charge >= 0.3 is 6.18 Å². The summed E-state index contributed by atoms with van der Waals surface area (Å²) in [5, 5.41) is 0. The zero-order valence-electron chi connectivity index (χ0n) is 7.03. The summed E-state index contributed by atoms with van der Waals surface area (Å²) in [5.74, 6) is -1.07. The molecule has 0 bridgehead atoms. The van der Waals surface area contributed by atoms with Gasteiger partial charge in [0.05, 0.1) is 5.92 Å².